The van der Waals surface area contributed by atoms with Crippen LogP contribution in [0, 0.1) is 25.2 Å². The molecule has 146 valence electrons. The summed E-state index contributed by atoms with van der Waals surface area (Å²) < 4.78 is 5.65. The highest BCUT2D eigenvalue weighted by atomic mass is 35.5. The van der Waals surface area contributed by atoms with Gasteiger partial charge in [-0.15, -0.1) is 0 Å². The number of halogens is 1. The number of anilines is 1. The van der Waals surface area contributed by atoms with Gasteiger partial charge in [0.2, 0.25) is 0 Å². The first kappa shape index (κ1) is 21.3. The third-order valence-corrected chi connectivity index (χ3v) is 4.61. The van der Waals surface area contributed by atoms with Gasteiger partial charge in [0, 0.05) is 22.5 Å². The maximum absolute atomic E-state index is 12.5. The minimum absolute atomic E-state index is 0.0332. The first-order valence-corrected chi connectivity index (χ1v) is 9.40. The van der Waals surface area contributed by atoms with E-state index < -0.39 is 5.91 Å². The number of nitrogens with zero attached hydrogens (tertiary/aromatic N) is 1. The highest BCUT2D eigenvalue weighted by molar-refractivity contribution is 6.31. The molecule has 0 aliphatic carbocycles. The molecule has 0 aliphatic rings. The molecule has 1 amide bonds. The number of benzene rings is 2. The van der Waals surface area contributed by atoms with Crippen LogP contribution in [-0.2, 0) is 4.79 Å². The van der Waals surface area contributed by atoms with Gasteiger partial charge in [-0.2, -0.15) is 5.26 Å². The maximum atomic E-state index is 12.5. The first-order chi connectivity index (χ1) is 13.3. The smallest absolute Gasteiger partial charge is 0.263 e. The maximum Gasteiger partial charge on any atom is 0.263 e. The number of amides is 1. The summed E-state index contributed by atoms with van der Waals surface area (Å²) in [7, 11) is 0. The van der Waals surface area contributed by atoms with Gasteiger partial charge in [-0.1, -0.05) is 35.4 Å². The molecule has 0 aromatic heterocycles. The highest BCUT2D eigenvalue weighted by Gasteiger charge is 2.17. The van der Waals surface area contributed by atoms with Crippen molar-refractivity contribution in [2.24, 2.45) is 0 Å². The van der Waals surface area contributed by atoms with Gasteiger partial charge in [-0.25, -0.2) is 0 Å². The number of aryl methyl sites for hydroxylation is 2. The molecular weight excluding hydrogens is 374 g/mol. The molecule has 28 heavy (non-hydrogen) atoms. The number of rotatable bonds is 7. The average molecular weight is 398 g/mol. The zero-order valence-corrected chi connectivity index (χ0v) is 17.2. The summed E-state index contributed by atoms with van der Waals surface area (Å²) in [5, 5.41) is 15.8. The monoisotopic (exact) mass is 397 g/mol. The quantitative estimate of drug-likeness (QED) is 0.506. The Hall–Kier alpha value is -2.97. The van der Waals surface area contributed by atoms with Crippen LogP contribution in [0.25, 0.3) is 0 Å². The number of carbonyl (C=O) groups is 1. The molecule has 0 heterocycles. The molecule has 2 aromatic rings. The second-order valence-corrected chi connectivity index (χ2v) is 6.85. The molecule has 1 unspecified atom stereocenters. The van der Waals surface area contributed by atoms with Gasteiger partial charge in [-0.05, 0) is 51.5 Å². The number of nitriles is 1. The van der Waals surface area contributed by atoms with E-state index in [1.807, 2.05) is 64.1 Å². The fourth-order valence-electron chi connectivity index (χ4n) is 2.63. The van der Waals surface area contributed by atoms with Gasteiger partial charge in [0.05, 0.1) is 12.6 Å². The summed E-state index contributed by atoms with van der Waals surface area (Å²) >= 11 is 6.10. The van der Waals surface area contributed by atoms with Crippen LogP contribution in [0.5, 0.6) is 5.75 Å². The van der Waals surface area contributed by atoms with Gasteiger partial charge in [-0.3, -0.25) is 4.79 Å². The lowest BCUT2D eigenvalue weighted by Crippen LogP contribution is -2.28. The molecule has 6 heteroatoms. The second-order valence-electron chi connectivity index (χ2n) is 6.45. The zero-order chi connectivity index (χ0) is 20.7. The topological polar surface area (TPSA) is 74.1 Å². The van der Waals surface area contributed by atoms with Crippen molar-refractivity contribution in [1.29, 1.82) is 5.26 Å². The van der Waals surface area contributed by atoms with E-state index in [0.29, 0.717) is 17.3 Å². The van der Waals surface area contributed by atoms with E-state index in [9.17, 15) is 10.1 Å². The Labute approximate surface area is 171 Å². The van der Waals surface area contributed by atoms with Crippen LogP contribution in [0.1, 0.15) is 36.6 Å². The van der Waals surface area contributed by atoms with E-state index in [1.54, 1.807) is 6.07 Å². The Balaban J connectivity index is 2.14. The summed E-state index contributed by atoms with van der Waals surface area (Å²) in [5.41, 5.74) is 3.54. The van der Waals surface area contributed by atoms with Crippen molar-refractivity contribution < 1.29 is 9.53 Å². The van der Waals surface area contributed by atoms with Crippen LogP contribution in [-0.4, -0.2) is 12.5 Å². The van der Waals surface area contributed by atoms with E-state index in [2.05, 4.69) is 10.6 Å². The van der Waals surface area contributed by atoms with Crippen molar-refractivity contribution >= 4 is 23.2 Å². The van der Waals surface area contributed by atoms with Crippen LogP contribution in [0.4, 0.5) is 5.69 Å². The lowest BCUT2D eigenvalue weighted by Gasteiger charge is -2.18. The normalized spacial score (nSPS) is 12.1. The second kappa shape index (κ2) is 9.82. The molecule has 0 saturated carbocycles. The van der Waals surface area contributed by atoms with Gasteiger partial charge in [0.15, 0.2) is 0 Å². The third kappa shape index (κ3) is 5.51. The molecular formula is C22H24ClN3O2. The molecule has 2 N–H and O–H groups in total. The van der Waals surface area contributed by atoms with Crippen LogP contribution in [0.15, 0.2) is 48.2 Å². The zero-order valence-electron chi connectivity index (χ0n) is 16.5. The number of hydrogen-bond donors (Lipinski definition) is 2. The van der Waals surface area contributed by atoms with E-state index in [0.717, 1.165) is 22.4 Å². The summed E-state index contributed by atoms with van der Waals surface area (Å²) in [6, 6.07) is 12.9. The molecule has 1 atom stereocenters. The molecule has 0 bridgehead atoms. The van der Waals surface area contributed by atoms with E-state index >= 15 is 0 Å². The largest absolute Gasteiger partial charge is 0.494 e. The Morgan fingerprint density at radius 3 is 2.68 bits per heavy atom. The van der Waals surface area contributed by atoms with Crippen LogP contribution >= 0.6 is 11.6 Å². The van der Waals surface area contributed by atoms with E-state index in [1.165, 1.54) is 6.20 Å². The molecule has 0 radical (unpaired) electrons. The van der Waals surface area contributed by atoms with Crippen LogP contribution < -0.4 is 15.4 Å². The number of hydrogen-bond acceptors (Lipinski definition) is 4. The summed E-state index contributed by atoms with van der Waals surface area (Å²) in [4.78, 5) is 12.5. The standard InChI is InChI=1S/C22H24ClN3O2/c1-5-28-21-9-6-14(2)10-19(21)16(4)26-22(27)17(12-24)13-25-18-8-7-15(3)20(23)11-18/h6-11,13,16,25H,5H2,1-4H3,(H,26,27)/b17-13-. The SMILES string of the molecule is CCOc1ccc(C)cc1C(C)NC(=O)/C(C#N)=C\Nc1ccc(C)c(Cl)c1. The summed E-state index contributed by atoms with van der Waals surface area (Å²) in [6.45, 7) is 8.18. The lowest BCUT2D eigenvalue weighted by atomic mass is 10.0. The predicted molar refractivity (Wildman–Crippen MR) is 112 cm³/mol. The van der Waals surface area contributed by atoms with Crippen molar-refractivity contribution in [3.8, 4) is 11.8 Å². The summed E-state index contributed by atoms with van der Waals surface area (Å²) in [6.07, 6.45) is 1.38. The van der Waals surface area contributed by atoms with Crippen LogP contribution in [0.2, 0.25) is 5.02 Å². The molecule has 0 saturated heterocycles. The van der Waals surface area contributed by atoms with Crippen LogP contribution in [0.3, 0.4) is 0 Å². The fraction of sp³-hybridized carbons (Fsp3) is 0.273. The Kier molecular flexibility index (Phi) is 7.48. The highest BCUT2D eigenvalue weighted by Crippen LogP contribution is 2.26. The Morgan fingerprint density at radius 2 is 2.04 bits per heavy atom. The minimum Gasteiger partial charge on any atom is -0.494 e. The van der Waals surface area contributed by atoms with Gasteiger partial charge in [0.25, 0.3) is 5.91 Å². The molecule has 5 nitrogen and oxygen atoms in total. The number of nitrogens with one attached hydrogen (secondary N) is 2. The van der Waals surface area contributed by atoms with Gasteiger partial charge < -0.3 is 15.4 Å². The van der Waals surface area contributed by atoms with Crippen molar-refractivity contribution in [3.05, 3.63) is 69.9 Å². The number of ether oxygens (including phenoxy) is 1. The molecule has 0 aliphatic heterocycles. The van der Waals surface area contributed by atoms with E-state index in [-0.39, 0.29) is 11.6 Å². The third-order valence-electron chi connectivity index (χ3n) is 4.20. The average Bonchev–Trinajstić information content (AvgIpc) is 2.66. The minimum atomic E-state index is -0.468. The first-order valence-electron chi connectivity index (χ1n) is 9.02. The molecule has 2 aromatic carbocycles. The fourth-order valence-corrected chi connectivity index (χ4v) is 2.81. The Bertz CT molecular complexity index is 932. The molecule has 0 fully saturated rings. The molecule has 0 spiro atoms. The van der Waals surface area contributed by atoms with Crippen molar-refractivity contribution in [3.63, 3.8) is 0 Å². The summed E-state index contributed by atoms with van der Waals surface area (Å²) in [5.74, 6) is 0.250. The predicted octanol–water partition coefficient (Wildman–Crippen LogP) is 5.05. The van der Waals surface area contributed by atoms with E-state index in [4.69, 9.17) is 16.3 Å². The van der Waals surface area contributed by atoms with Gasteiger partial charge >= 0.3 is 0 Å². The van der Waals surface area contributed by atoms with Crippen molar-refractivity contribution in [2.75, 3.05) is 11.9 Å². The van der Waals surface area contributed by atoms with Crippen molar-refractivity contribution in [2.45, 2.75) is 33.7 Å². The molecule has 2 rings (SSSR count). The lowest BCUT2D eigenvalue weighted by molar-refractivity contribution is -0.117. The van der Waals surface area contributed by atoms with Gasteiger partial charge in [0.1, 0.15) is 17.4 Å². The van der Waals surface area contributed by atoms with Crippen molar-refractivity contribution in [1.82, 2.24) is 5.32 Å². The Morgan fingerprint density at radius 1 is 1.29 bits per heavy atom. The number of carbonyl (C=O) groups excluding carboxylic acids is 1.